The lowest BCUT2D eigenvalue weighted by atomic mass is 10.1. The summed E-state index contributed by atoms with van der Waals surface area (Å²) in [5.41, 5.74) is 0.475. The average molecular weight is 284 g/mol. The van der Waals surface area contributed by atoms with E-state index in [0.29, 0.717) is 18.7 Å². The zero-order valence-electron chi connectivity index (χ0n) is 10.2. The third-order valence-electron chi connectivity index (χ3n) is 2.95. The number of ether oxygens (including phenoxy) is 1. The highest BCUT2D eigenvalue weighted by atomic mass is 35.5. The van der Waals surface area contributed by atoms with Crippen molar-refractivity contribution in [2.45, 2.75) is 25.4 Å². The molecule has 5 nitrogen and oxygen atoms in total. The molecule has 1 unspecified atom stereocenters. The van der Waals surface area contributed by atoms with Crippen LogP contribution in [0.1, 0.15) is 29.6 Å². The van der Waals surface area contributed by atoms with Crippen LogP contribution in [0.2, 0.25) is 5.02 Å². The minimum atomic E-state index is -1.06. The number of carbonyl (C=O) groups is 2. The highest BCUT2D eigenvalue weighted by Crippen LogP contribution is 2.24. The fraction of sp³-hybridized carbons (Fsp3) is 0.385. The molecule has 0 aliphatic carbocycles. The Labute approximate surface area is 115 Å². The number of carboxylic acid groups (broad SMARTS) is 1. The summed E-state index contributed by atoms with van der Waals surface area (Å²) in [7, 11) is 0. The van der Waals surface area contributed by atoms with E-state index in [-0.39, 0.29) is 16.5 Å². The molecule has 1 atom stereocenters. The second kappa shape index (κ2) is 6.04. The van der Waals surface area contributed by atoms with Gasteiger partial charge in [-0.3, -0.25) is 4.79 Å². The van der Waals surface area contributed by atoms with Crippen LogP contribution < -0.4 is 5.32 Å². The molecule has 2 N–H and O–H groups in total. The summed E-state index contributed by atoms with van der Waals surface area (Å²) in [6.07, 6.45) is 2.17. The lowest BCUT2D eigenvalue weighted by molar-refractivity contribution is -0.129. The van der Waals surface area contributed by atoms with Gasteiger partial charge >= 0.3 is 5.97 Å². The van der Waals surface area contributed by atoms with E-state index in [1.165, 1.54) is 18.2 Å². The van der Waals surface area contributed by atoms with Gasteiger partial charge in [0.1, 0.15) is 6.10 Å². The van der Waals surface area contributed by atoms with E-state index in [2.05, 4.69) is 5.32 Å². The van der Waals surface area contributed by atoms with E-state index >= 15 is 0 Å². The lowest BCUT2D eigenvalue weighted by Crippen LogP contribution is -2.33. The van der Waals surface area contributed by atoms with Gasteiger partial charge in [0.2, 0.25) is 0 Å². The standard InChI is InChI=1S/C13H14ClNO4/c14-9-7-8(13(17)18)4-5-10(9)15-12(16)11-3-1-2-6-19-11/h4-5,7,11H,1-3,6H2,(H,15,16)(H,17,18). The summed E-state index contributed by atoms with van der Waals surface area (Å²) < 4.78 is 5.36. The van der Waals surface area contributed by atoms with Crippen molar-refractivity contribution in [2.75, 3.05) is 11.9 Å². The molecule has 6 heteroatoms. The molecule has 0 aromatic heterocycles. The fourth-order valence-corrected chi connectivity index (χ4v) is 2.14. The second-order valence-corrected chi connectivity index (χ2v) is 4.75. The number of nitrogens with one attached hydrogen (secondary N) is 1. The van der Waals surface area contributed by atoms with Gasteiger partial charge in [0.15, 0.2) is 0 Å². The summed E-state index contributed by atoms with van der Waals surface area (Å²) in [4.78, 5) is 22.7. The molecule has 1 heterocycles. The number of aromatic carboxylic acids is 1. The van der Waals surface area contributed by atoms with Gasteiger partial charge < -0.3 is 15.2 Å². The Morgan fingerprint density at radius 3 is 2.74 bits per heavy atom. The molecule has 1 amide bonds. The van der Waals surface area contributed by atoms with Gasteiger partial charge in [-0.05, 0) is 37.5 Å². The number of amides is 1. The van der Waals surface area contributed by atoms with Crippen LogP contribution in [0.3, 0.4) is 0 Å². The Hall–Kier alpha value is -1.59. The Bertz CT molecular complexity index is 497. The Kier molecular flexibility index (Phi) is 4.39. The highest BCUT2D eigenvalue weighted by molar-refractivity contribution is 6.34. The third kappa shape index (κ3) is 3.45. The van der Waals surface area contributed by atoms with Gasteiger partial charge in [-0.2, -0.15) is 0 Å². The van der Waals surface area contributed by atoms with E-state index in [1.54, 1.807) is 0 Å². The molecule has 0 saturated carbocycles. The molecular weight excluding hydrogens is 270 g/mol. The summed E-state index contributed by atoms with van der Waals surface area (Å²) in [5, 5.41) is 11.7. The van der Waals surface area contributed by atoms with Crippen LogP contribution in [0.4, 0.5) is 5.69 Å². The number of hydrogen-bond donors (Lipinski definition) is 2. The van der Waals surface area contributed by atoms with Gasteiger partial charge in [-0.25, -0.2) is 4.79 Å². The van der Waals surface area contributed by atoms with Crippen LogP contribution in [0.15, 0.2) is 18.2 Å². The molecule has 1 aliphatic rings. The van der Waals surface area contributed by atoms with Crippen LogP contribution in [0.25, 0.3) is 0 Å². The van der Waals surface area contributed by atoms with Gasteiger partial charge in [-0.15, -0.1) is 0 Å². The van der Waals surface area contributed by atoms with Crippen LogP contribution in [-0.2, 0) is 9.53 Å². The maximum atomic E-state index is 11.9. The quantitative estimate of drug-likeness (QED) is 0.894. The number of hydrogen-bond acceptors (Lipinski definition) is 3. The van der Waals surface area contributed by atoms with Crippen LogP contribution in [-0.4, -0.2) is 29.7 Å². The van der Waals surface area contributed by atoms with E-state index in [4.69, 9.17) is 21.4 Å². The predicted octanol–water partition coefficient (Wildman–Crippen LogP) is 2.55. The number of benzene rings is 1. The molecule has 0 radical (unpaired) electrons. The average Bonchev–Trinajstić information content (AvgIpc) is 2.41. The van der Waals surface area contributed by atoms with Crippen LogP contribution in [0, 0.1) is 0 Å². The first-order valence-electron chi connectivity index (χ1n) is 6.03. The zero-order chi connectivity index (χ0) is 13.8. The molecule has 0 spiro atoms. The third-order valence-corrected chi connectivity index (χ3v) is 3.26. The van der Waals surface area contributed by atoms with Crippen molar-refractivity contribution >= 4 is 29.2 Å². The van der Waals surface area contributed by atoms with Gasteiger partial charge in [0.25, 0.3) is 5.91 Å². The molecule has 19 heavy (non-hydrogen) atoms. The maximum absolute atomic E-state index is 11.9. The van der Waals surface area contributed by atoms with Crippen molar-refractivity contribution < 1.29 is 19.4 Å². The van der Waals surface area contributed by atoms with Crippen molar-refractivity contribution in [3.8, 4) is 0 Å². The first-order chi connectivity index (χ1) is 9.08. The van der Waals surface area contributed by atoms with Crippen molar-refractivity contribution in [1.82, 2.24) is 0 Å². The molecule has 1 fully saturated rings. The Balaban J connectivity index is 2.06. The van der Waals surface area contributed by atoms with Gasteiger partial charge in [0.05, 0.1) is 16.3 Å². The number of carboxylic acids is 1. The van der Waals surface area contributed by atoms with E-state index < -0.39 is 12.1 Å². The molecule has 2 rings (SSSR count). The molecule has 1 aliphatic heterocycles. The Morgan fingerprint density at radius 1 is 1.37 bits per heavy atom. The molecule has 102 valence electrons. The summed E-state index contributed by atoms with van der Waals surface area (Å²) in [6.45, 7) is 0.587. The van der Waals surface area contributed by atoms with Gasteiger partial charge in [0, 0.05) is 6.61 Å². The monoisotopic (exact) mass is 283 g/mol. The fourth-order valence-electron chi connectivity index (χ4n) is 1.91. The molecule has 0 bridgehead atoms. The van der Waals surface area contributed by atoms with E-state index in [9.17, 15) is 9.59 Å². The largest absolute Gasteiger partial charge is 0.478 e. The normalized spacial score (nSPS) is 18.9. The minimum Gasteiger partial charge on any atom is -0.478 e. The molecule has 1 aromatic carbocycles. The first kappa shape index (κ1) is 13.8. The van der Waals surface area contributed by atoms with Crippen molar-refractivity contribution in [2.24, 2.45) is 0 Å². The number of halogens is 1. The van der Waals surface area contributed by atoms with Crippen molar-refractivity contribution in [3.05, 3.63) is 28.8 Å². The zero-order valence-corrected chi connectivity index (χ0v) is 10.9. The van der Waals surface area contributed by atoms with Crippen LogP contribution >= 0.6 is 11.6 Å². The Morgan fingerprint density at radius 2 is 2.16 bits per heavy atom. The van der Waals surface area contributed by atoms with Crippen molar-refractivity contribution in [1.29, 1.82) is 0 Å². The first-order valence-corrected chi connectivity index (χ1v) is 6.41. The maximum Gasteiger partial charge on any atom is 0.335 e. The topological polar surface area (TPSA) is 75.6 Å². The molecule has 1 saturated heterocycles. The van der Waals surface area contributed by atoms with Crippen LogP contribution in [0.5, 0.6) is 0 Å². The predicted molar refractivity (Wildman–Crippen MR) is 70.6 cm³/mol. The van der Waals surface area contributed by atoms with E-state index in [1.807, 2.05) is 0 Å². The summed E-state index contributed by atoms with van der Waals surface area (Å²) >= 11 is 5.94. The number of anilines is 1. The second-order valence-electron chi connectivity index (χ2n) is 4.34. The van der Waals surface area contributed by atoms with E-state index in [0.717, 1.165) is 12.8 Å². The highest BCUT2D eigenvalue weighted by Gasteiger charge is 2.22. The van der Waals surface area contributed by atoms with Gasteiger partial charge in [-0.1, -0.05) is 11.6 Å². The van der Waals surface area contributed by atoms with Crippen molar-refractivity contribution in [3.63, 3.8) is 0 Å². The minimum absolute atomic E-state index is 0.0805. The number of rotatable bonds is 3. The number of carbonyl (C=O) groups excluding carboxylic acids is 1. The smallest absolute Gasteiger partial charge is 0.335 e. The summed E-state index contributed by atoms with van der Waals surface area (Å²) in [6, 6.07) is 4.18. The lowest BCUT2D eigenvalue weighted by Gasteiger charge is -2.21. The molecular formula is C13H14ClNO4. The SMILES string of the molecule is O=C(O)c1ccc(NC(=O)C2CCCCO2)c(Cl)c1. The molecule has 1 aromatic rings. The summed E-state index contributed by atoms with van der Waals surface area (Å²) in [5.74, 6) is -1.31.